The number of rotatable bonds is 5. The Morgan fingerprint density at radius 2 is 2.00 bits per heavy atom. The zero-order chi connectivity index (χ0) is 13.7. The van der Waals surface area contributed by atoms with Gasteiger partial charge in [0, 0.05) is 22.8 Å². The van der Waals surface area contributed by atoms with Gasteiger partial charge in [-0.1, -0.05) is 24.6 Å². The van der Waals surface area contributed by atoms with Gasteiger partial charge in [-0.25, -0.2) is 9.97 Å². The Kier molecular flexibility index (Phi) is 4.58. The maximum atomic E-state index is 5.97. The standard InChI is InChI=1S/C14H17ClN4/c1-3-7-16-13-10(2)14(18-9-17-13)19-12-6-4-5-11(15)8-12/h4-6,8-9H,3,7H2,1-2H3,(H2,16,17,18,19). The minimum absolute atomic E-state index is 0.695. The van der Waals surface area contributed by atoms with Crippen LogP contribution in [0.3, 0.4) is 0 Å². The second kappa shape index (κ2) is 6.38. The van der Waals surface area contributed by atoms with Crippen LogP contribution in [0, 0.1) is 6.92 Å². The Morgan fingerprint density at radius 1 is 1.21 bits per heavy atom. The molecule has 0 fully saturated rings. The average Bonchev–Trinajstić information content (AvgIpc) is 2.40. The van der Waals surface area contributed by atoms with E-state index in [-0.39, 0.29) is 0 Å². The van der Waals surface area contributed by atoms with E-state index in [1.165, 1.54) is 0 Å². The lowest BCUT2D eigenvalue weighted by Gasteiger charge is -2.12. The lowest BCUT2D eigenvalue weighted by Crippen LogP contribution is -2.06. The monoisotopic (exact) mass is 276 g/mol. The van der Waals surface area contributed by atoms with Crippen molar-refractivity contribution in [3.63, 3.8) is 0 Å². The van der Waals surface area contributed by atoms with E-state index in [4.69, 9.17) is 11.6 Å². The highest BCUT2D eigenvalue weighted by Gasteiger charge is 2.06. The maximum Gasteiger partial charge on any atom is 0.138 e. The third kappa shape index (κ3) is 3.58. The Morgan fingerprint density at radius 3 is 2.74 bits per heavy atom. The van der Waals surface area contributed by atoms with Crippen molar-refractivity contribution >= 4 is 28.9 Å². The Bertz CT molecular complexity index is 557. The summed E-state index contributed by atoms with van der Waals surface area (Å²) in [6.07, 6.45) is 2.61. The van der Waals surface area contributed by atoms with Gasteiger partial charge in [0.2, 0.25) is 0 Å². The van der Waals surface area contributed by atoms with Gasteiger partial charge in [-0.15, -0.1) is 0 Å². The molecule has 0 spiro atoms. The first-order valence-corrected chi connectivity index (χ1v) is 6.66. The molecule has 0 amide bonds. The summed E-state index contributed by atoms with van der Waals surface area (Å²) in [5.74, 6) is 1.65. The van der Waals surface area contributed by atoms with Crippen molar-refractivity contribution in [3.8, 4) is 0 Å². The number of hydrogen-bond donors (Lipinski definition) is 2. The van der Waals surface area contributed by atoms with Crippen molar-refractivity contribution in [2.75, 3.05) is 17.2 Å². The van der Waals surface area contributed by atoms with Gasteiger partial charge < -0.3 is 10.6 Å². The average molecular weight is 277 g/mol. The number of anilines is 3. The van der Waals surface area contributed by atoms with E-state index in [9.17, 15) is 0 Å². The third-order valence-electron chi connectivity index (χ3n) is 2.71. The molecule has 0 aliphatic carbocycles. The van der Waals surface area contributed by atoms with Crippen molar-refractivity contribution in [1.82, 2.24) is 9.97 Å². The molecule has 0 unspecified atom stereocenters. The molecule has 2 aromatic rings. The third-order valence-corrected chi connectivity index (χ3v) is 2.95. The van der Waals surface area contributed by atoms with Crippen molar-refractivity contribution in [2.24, 2.45) is 0 Å². The first kappa shape index (κ1) is 13.6. The first-order chi connectivity index (χ1) is 9.20. The van der Waals surface area contributed by atoms with Crippen LogP contribution in [0.15, 0.2) is 30.6 Å². The Balaban J connectivity index is 2.20. The molecule has 100 valence electrons. The fourth-order valence-electron chi connectivity index (χ4n) is 1.70. The molecule has 1 heterocycles. The molecule has 0 aliphatic heterocycles. The summed E-state index contributed by atoms with van der Waals surface area (Å²) in [4.78, 5) is 8.51. The minimum Gasteiger partial charge on any atom is -0.370 e. The largest absolute Gasteiger partial charge is 0.370 e. The maximum absolute atomic E-state index is 5.97. The summed E-state index contributed by atoms with van der Waals surface area (Å²) in [5, 5.41) is 7.23. The topological polar surface area (TPSA) is 49.8 Å². The summed E-state index contributed by atoms with van der Waals surface area (Å²) >= 11 is 5.97. The minimum atomic E-state index is 0.695. The molecule has 0 aliphatic rings. The number of benzene rings is 1. The van der Waals surface area contributed by atoms with Gasteiger partial charge in [0.15, 0.2) is 0 Å². The van der Waals surface area contributed by atoms with E-state index < -0.39 is 0 Å². The van der Waals surface area contributed by atoms with Gasteiger partial charge in [-0.3, -0.25) is 0 Å². The molecule has 2 N–H and O–H groups in total. The SMILES string of the molecule is CCCNc1ncnc(Nc2cccc(Cl)c2)c1C. The molecule has 1 aromatic carbocycles. The predicted octanol–water partition coefficient (Wildman–Crippen LogP) is 4.00. The van der Waals surface area contributed by atoms with Crippen molar-refractivity contribution < 1.29 is 0 Å². The lowest BCUT2D eigenvalue weighted by atomic mass is 10.2. The molecule has 2 rings (SSSR count). The number of aromatic nitrogens is 2. The summed E-state index contributed by atoms with van der Waals surface area (Å²) in [6.45, 7) is 5.01. The van der Waals surface area contributed by atoms with E-state index >= 15 is 0 Å². The van der Waals surface area contributed by atoms with Crippen LogP contribution < -0.4 is 10.6 Å². The number of hydrogen-bond acceptors (Lipinski definition) is 4. The van der Waals surface area contributed by atoms with Gasteiger partial charge in [0.25, 0.3) is 0 Å². The van der Waals surface area contributed by atoms with Crippen LogP contribution in [-0.4, -0.2) is 16.5 Å². The summed E-state index contributed by atoms with van der Waals surface area (Å²) in [5.41, 5.74) is 1.91. The molecular weight excluding hydrogens is 260 g/mol. The molecule has 5 heteroatoms. The van der Waals surface area contributed by atoms with Gasteiger partial charge in [0.05, 0.1) is 0 Å². The molecule has 19 heavy (non-hydrogen) atoms. The normalized spacial score (nSPS) is 10.3. The highest BCUT2D eigenvalue weighted by atomic mass is 35.5. The van der Waals surface area contributed by atoms with Gasteiger partial charge in [-0.2, -0.15) is 0 Å². The van der Waals surface area contributed by atoms with Crippen LogP contribution in [0.5, 0.6) is 0 Å². The van der Waals surface area contributed by atoms with Crippen LogP contribution in [-0.2, 0) is 0 Å². The molecule has 4 nitrogen and oxygen atoms in total. The van der Waals surface area contributed by atoms with Crippen molar-refractivity contribution in [2.45, 2.75) is 20.3 Å². The Labute approximate surface area is 118 Å². The molecule has 0 bridgehead atoms. The van der Waals surface area contributed by atoms with E-state index in [0.717, 1.165) is 35.9 Å². The molecule has 0 saturated carbocycles. The summed E-state index contributed by atoms with van der Waals surface area (Å²) in [7, 11) is 0. The van der Waals surface area contributed by atoms with Gasteiger partial charge in [0.1, 0.15) is 18.0 Å². The zero-order valence-electron chi connectivity index (χ0n) is 11.1. The number of nitrogens with one attached hydrogen (secondary N) is 2. The smallest absolute Gasteiger partial charge is 0.138 e. The summed E-state index contributed by atoms with van der Waals surface area (Å²) < 4.78 is 0. The van der Waals surface area contributed by atoms with Crippen LogP contribution >= 0.6 is 11.6 Å². The zero-order valence-corrected chi connectivity index (χ0v) is 11.8. The van der Waals surface area contributed by atoms with Gasteiger partial charge >= 0.3 is 0 Å². The Hall–Kier alpha value is -1.81. The van der Waals surface area contributed by atoms with Crippen LogP contribution in [0.2, 0.25) is 5.02 Å². The highest BCUT2D eigenvalue weighted by Crippen LogP contribution is 2.23. The molecule has 1 aromatic heterocycles. The number of halogens is 1. The van der Waals surface area contributed by atoms with Crippen LogP contribution in [0.1, 0.15) is 18.9 Å². The number of nitrogens with zero attached hydrogens (tertiary/aromatic N) is 2. The predicted molar refractivity (Wildman–Crippen MR) is 80.3 cm³/mol. The van der Waals surface area contributed by atoms with Crippen molar-refractivity contribution in [1.29, 1.82) is 0 Å². The fraction of sp³-hybridized carbons (Fsp3) is 0.286. The van der Waals surface area contributed by atoms with Gasteiger partial charge in [-0.05, 0) is 31.5 Å². The first-order valence-electron chi connectivity index (χ1n) is 6.28. The molecule has 0 saturated heterocycles. The lowest BCUT2D eigenvalue weighted by molar-refractivity contribution is 0.960. The second-order valence-corrected chi connectivity index (χ2v) is 4.69. The van der Waals surface area contributed by atoms with Crippen molar-refractivity contribution in [3.05, 3.63) is 41.2 Å². The van der Waals surface area contributed by atoms with E-state index in [1.54, 1.807) is 6.33 Å². The van der Waals surface area contributed by atoms with E-state index in [0.29, 0.717) is 5.02 Å². The quantitative estimate of drug-likeness (QED) is 0.866. The highest BCUT2D eigenvalue weighted by molar-refractivity contribution is 6.30. The summed E-state index contributed by atoms with van der Waals surface area (Å²) in [6, 6.07) is 7.56. The molecule has 0 atom stereocenters. The fourth-order valence-corrected chi connectivity index (χ4v) is 1.89. The van der Waals surface area contributed by atoms with Crippen LogP contribution in [0.4, 0.5) is 17.3 Å². The molecular formula is C14H17ClN4. The van der Waals surface area contributed by atoms with E-state index in [2.05, 4.69) is 27.5 Å². The van der Waals surface area contributed by atoms with E-state index in [1.807, 2.05) is 31.2 Å². The second-order valence-electron chi connectivity index (χ2n) is 4.26. The molecule has 0 radical (unpaired) electrons. The van der Waals surface area contributed by atoms with Crippen LogP contribution in [0.25, 0.3) is 0 Å².